The van der Waals surface area contributed by atoms with Gasteiger partial charge in [-0.2, -0.15) is 0 Å². The molecule has 88 valence electrons. The molecule has 3 nitrogen and oxygen atoms in total. The van der Waals surface area contributed by atoms with E-state index in [1.165, 1.54) is 0 Å². The van der Waals surface area contributed by atoms with E-state index >= 15 is 0 Å². The summed E-state index contributed by atoms with van der Waals surface area (Å²) in [6, 6.07) is 0. The molecule has 0 bridgehead atoms. The zero-order valence-corrected chi connectivity index (χ0v) is 10.5. The lowest BCUT2D eigenvalue weighted by Gasteiger charge is -2.35. The molecule has 1 unspecified atom stereocenters. The molecule has 1 heterocycles. The molecule has 1 aliphatic heterocycles. The highest BCUT2D eigenvalue weighted by molar-refractivity contribution is 6.29. The summed E-state index contributed by atoms with van der Waals surface area (Å²) in [5.41, 5.74) is -0.380. The van der Waals surface area contributed by atoms with Gasteiger partial charge in [-0.25, -0.2) is 0 Å². The van der Waals surface area contributed by atoms with Gasteiger partial charge < -0.3 is 10.1 Å². The number of piperidine rings is 1. The Morgan fingerprint density at radius 1 is 1.47 bits per heavy atom. The molecule has 0 radical (unpaired) electrons. The van der Waals surface area contributed by atoms with Crippen LogP contribution in [0.2, 0.25) is 0 Å². The molecular weight excluding hydrogens is 214 g/mol. The highest BCUT2D eigenvalue weighted by Gasteiger charge is 2.35. The Balaban J connectivity index is 2.52. The Morgan fingerprint density at radius 3 is 2.47 bits per heavy atom. The number of esters is 1. The third-order valence-corrected chi connectivity index (χ3v) is 3.29. The molecule has 0 aromatic heterocycles. The number of carbonyl (C=O) groups is 1. The van der Waals surface area contributed by atoms with Crippen molar-refractivity contribution < 1.29 is 14.8 Å². The summed E-state index contributed by atoms with van der Waals surface area (Å²) in [5, 5.41) is 1.75. The number of ether oxygens (including phenoxy) is 1. The number of carbonyl (C=O) groups excluding carboxylic acids is 1. The van der Waals surface area contributed by atoms with E-state index in [4.69, 9.17) is 16.3 Å². The van der Waals surface area contributed by atoms with Crippen LogP contribution in [0.1, 0.15) is 33.6 Å². The molecule has 0 amide bonds. The third kappa shape index (κ3) is 3.65. The lowest BCUT2D eigenvalue weighted by molar-refractivity contribution is -0.665. The summed E-state index contributed by atoms with van der Waals surface area (Å²) in [7, 11) is 0. The Morgan fingerprint density at radius 2 is 2.00 bits per heavy atom. The first-order valence-corrected chi connectivity index (χ1v) is 6.05. The van der Waals surface area contributed by atoms with Crippen LogP contribution in [0.15, 0.2) is 0 Å². The minimum absolute atomic E-state index is 0.309. The van der Waals surface area contributed by atoms with Crippen molar-refractivity contribution in [2.24, 2.45) is 5.92 Å². The predicted molar refractivity (Wildman–Crippen MR) is 59.9 cm³/mol. The zero-order valence-electron chi connectivity index (χ0n) is 9.75. The van der Waals surface area contributed by atoms with E-state index in [0.717, 1.165) is 25.9 Å². The van der Waals surface area contributed by atoms with Crippen LogP contribution in [0.4, 0.5) is 0 Å². The molecule has 1 rings (SSSR count). The summed E-state index contributed by atoms with van der Waals surface area (Å²) >= 11 is 5.69. The lowest BCUT2D eigenvalue weighted by Crippen LogP contribution is -2.86. The van der Waals surface area contributed by atoms with Gasteiger partial charge in [0.25, 0.3) is 0 Å². The predicted octanol–water partition coefficient (Wildman–Crippen LogP) is 0.909. The highest BCUT2D eigenvalue weighted by Crippen LogP contribution is 2.28. The molecule has 4 heteroatoms. The molecule has 15 heavy (non-hydrogen) atoms. The number of alkyl halides is 1. The fourth-order valence-corrected chi connectivity index (χ4v) is 2.09. The van der Waals surface area contributed by atoms with Gasteiger partial charge in [0.2, 0.25) is 0 Å². The summed E-state index contributed by atoms with van der Waals surface area (Å²) in [6.45, 7) is 7.87. The van der Waals surface area contributed by atoms with Gasteiger partial charge in [-0.3, -0.25) is 4.79 Å². The summed E-state index contributed by atoms with van der Waals surface area (Å²) in [4.78, 5) is 11.4. The van der Waals surface area contributed by atoms with Crippen LogP contribution in [-0.4, -0.2) is 30.0 Å². The third-order valence-electron chi connectivity index (χ3n) is 3.11. The maximum absolute atomic E-state index is 11.4. The van der Waals surface area contributed by atoms with Gasteiger partial charge in [0, 0.05) is 18.8 Å². The second kappa shape index (κ2) is 5.17. The van der Waals surface area contributed by atoms with Crippen molar-refractivity contribution >= 4 is 17.6 Å². The molecular formula is C11H21ClNO2+. The number of halogens is 1. The summed E-state index contributed by atoms with van der Waals surface area (Å²) in [6.07, 6.45) is 2.22. The Labute approximate surface area is 96.5 Å². The average molecular weight is 235 g/mol. The second-order valence-electron chi connectivity index (χ2n) is 4.78. The minimum Gasteiger partial charge on any atom is -0.458 e. The SMILES string of the molecule is CC(Cl)C(=O)OC(C)(C)C1CC[NH2+]CC1. The normalized spacial score (nSPS) is 21.1. The number of rotatable bonds is 3. The Kier molecular flexibility index (Phi) is 4.41. The lowest BCUT2D eigenvalue weighted by atomic mass is 9.83. The molecule has 1 aliphatic rings. The van der Waals surface area contributed by atoms with Crippen LogP contribution in [0.3, 0.4) is 0 Å². The second-order valence-corrected chi connectivity index (χ2v) is 5.44. The first-order chi connectivity index (χ1) is 6.93. The molecule has 1 saturated heterocycles. The highest BCUT2D eigenvalue weighted by atomic mass is 35.5. The molecule has 0 saturated carbocycles. The molecule has 1 fully saturated rings. The van der Waals surface area contributed by atoms with Crippen molar-refractivity contribution in [2.75, 3.05) is 13.1 Å². The van der Waals surface area contributed by atoms with Gasteiger partial charge in [-0.15, -0.1) is 11.6 Å². The van der Waals surface area contributed by atoms with Gasteiger partial charge in [0.1, 0.15) is 11.0 Å². The van der Waals surface area contributed by atoms with Gasteiger partial charge in [0.05, 0.1) is 13.1 Å². The van der Waals surface area contributed by atoms with Gasteiger partial charge in [-0.05, 0) is 20.8 Å². The van der Waals surface area contributed by atoms with E-state index in [9.17, 15) is 4.79 Å². The van der Waals surface area contributed by atoms with Crippen molar-refractivity contribution in [2.45, 2.75) is 44.6 Å². The maximum Gasteiger partial charge on any atom is 0.324 e. The smallest absolute Gasteiger partial charge is 0.324 e. The topological polar surface area (TPSA) is 42.9 Å². The van der Waals surface area contributed by atoms with Gasteiger partial charge in [-0.1, -0.05) is 0 Å². The first-order valence-electron chi connectivity index (χ1n) is 5.62. The fraction of sp³-hybridized carbons (Fsp3) is 0.909. The van der Waals surface area contributed by atoms with Crippen LogP contribution in [-0.2, 0) is 9.53 Å². The van der Waals surface area contributed by atoms with Crippen LogP contribution in [0.5, 0.6) is 0 Å². The quantitative estimate of drug-likeness (QED) is 0.583. The largest absolute Gasteiger partial charge is 0.458 e. The van der Waals surface area contributed by atoms with E-state index in [2.05, 4.69) is 5.32 Å². The zero-order chi connectivity index (χ0) is 11.5. The number of hydrogen-bond donors (Lipinski definition) is 1. The van der Waals surface area contributed by atoms with Crippen LogP contribution >= 0.6 is 11.6 Å². The van der Waals surface area contributed by atoms with Crippen molar-refractivity contribution in [1.29, 1.82) is 0 Å². The van der Waals surface area contributed by atoms with Gasteiger partial charge in [0.15, 0.2) is 0 Å². The number of quaternary nitrogens is 1. The van der Waals surface area contributed by atoms with Crippen molar-refractivity contribution in [1.82, 2.24) is 0 Å². The summed E-state index contributed by atoms with van der Waals surface area (Å²) < 4.78 is 5.45. The number of nitrogens with two attached hydrogens (primary N) is 1. The summed E-state index contributed by atoms with van der Waals surface area (Å²) in [5.74, 6) is 0.151. The fourth-order valence-electron chi connectivity index (χ4n) is 2.05. The molecule has 0 aromatic carbocycles. The van der Waals surface area contributed by atoms with Crippen LogP contribution in [0, 0.1) is 5.92 Å². The maximum atomic E-state index is 11.4. The van der Waals surface area contributed by atoms with E-state index in [1.807, 2.05) is 13.8 Å². The van der Waals surface area contributed by atoms with E-state index in [0.29, 0.717) is 5.92 Å². The van der Waals surface area contributed by atoms with Gasteiger partial charge >= 0.3 is 5.97 Å². The van der Waals surface area contributed by atoms with E-state index < -0.39 is 5.38 Å². The average Bonchev–Trinajstić information content (AvgIpc) is 2.18. The van der Waals surface area contributed by atoms with Crippen LogP contribution < -0.4 is 5.32 Å². The van der Waals surface area contributed by atoms with E-state index in [1.54, 1.807) is 6.92 Å². The molecule has 0 aromatic rings. The molecule has 0 spiro atoms. The minimum atomic E-state index is -0.556. The van der Waals surface area contributed by atoms with Crippen molar-refractivity contribution in [3.05, 3.63) is 0 Å². The van der Waals surface area contributed by atoms with Crippen LogP contribution in [0.25, 0.3) is 0 Å². The molecule has 2 N–H and O–H groups in total. The Hall–Kier alpha value is -0.280. The van der Waals surface area contributed by atoms with E-state index in [-0.39, 0.29) is 11.6 Å². The standard InChI is InChI=1S/C11H20ClNO2/c1-8(12)10(14)15-11(2,3)9-4-6-13-7-5-9/h8-9,13H,4-7H2,1-3H3/p+1. The molecule has 0 aliphatic carbocycles. The molecule has 1 atom stereocenters. The van der Waals surface area contributed by atoms with Crippen molar-refractivity contribution in [3.63, 3.8) is 0 Å². The number of hydrogen-bond acceptors (Lipinski definition) is 2. The first kappa shape index (κ1) is 12.8. The monoisotopic (exact) mass is 234 g/mol. The Bertz CT molecular complexity index is 223. The van der Waals surface area contributed by atoms with Crippen molar-refractivity contribution in [3.8, 4) is 0 Å².